The molecule has 1 unspecified atom stereocenters. The lowest BCUT2D eigenvalue weighted by Gasteiger charge is -2.14. The lowest BCUT2D eigenvalue weighted by atomic mass is 10.2. The van der Waals surface area contributed by atoms with Crippen LogP contribution in [0.5, 0.6) is 0 Å². The molecule has 0 radical (unpaired) electrons. The summed E-state index contributed by atoms with van der Waals surface area (Å²) in [5, 5.41) is 7.52. The van der Waals surface area contributed by atoms with Gasteiger partial charge in [0.15, 0.2) is 5.11 Å². The Bertz CT molecular complexity index is 379. The van der Waals surface area contributed by atoms with Gasteiger partial charge in [0, 0.05) is 17.6 Å². The average molecular weight is 255 g/mol. The first-order valence-corrected chi connectivity index (χ1v) is 5.82. The molecule has 1 aromatic rings. The van der Waals surface area contributed by atoms with E-state index in [4.69, 9.17) is 23.8 Å². The predicted octanol–water partition coefficient (Wildman–Crippen LogP) is 2.88. The van der Waals surface area contributed by atoms with Gasteiger partial charge in [-0.3, -0.25) is 0 Å². The largest absolute Gasteiger partial charge is 0.359 e. The zero-order valence-corrected chi connectivity index (χ0v) is 10.7. The van der Waals surface area contributed by atoms with Crippen LogP contribution < -0.4 is 10.6 Å². The third-order valence-electron chi connectivity index (χ3n) is 2.11. The van der Waals surface area contributed by atoms with Gasteiger partial charge in [-0.25, -0.2) is 0 Å². The lowest BCUT2D eigenvalue weighted by Crippen LogP contribution is -2.39. The summed E-state index contributed by atoms with van der Waals surface area (Å²) in [6.07, 6.45) is 1.80. The van der Waals surface area contributed by atoms with Gasteiger partial charge in [-0.1, -0.05) is 35.9 Å². The van der Waals surface area contributed by atoms with Crippen LogP contribution in [0, 0.1) is 0 Å². The third kappa shape index (κ3) is 4.21. The summed E-state index contributed by atoms with van der Waals surface area (Å²) >= 11 is 11.1. The molecule has 0 aliphatic rings. The summed E-state index contributed by atoms with van der Waals surface area (Å²) in [7, 11) is 0. The molecule has 2 nitrogen and oxygen atoms in total. The molecule has 1 rings (SSSR count). The maximum Gasteiger partial charge on any atom is 0.167 e. The summed E-state index contributed by atoms with van der Waals surface area (Å²) in [6.45, 7) is 6.28. The fourth-order valence-corrected chi connectivity index (χ4v) is 1.59. The summed E-state index contributed by atoms with van der Waals surface area (Å²) in [5.41, 5.74) is 1.03. The first-order valence-electron chi connectivity index (χ1n) is 5.04. The van der Waals surface area contributed by atoms with Crippen LogP contribution in [-0.2, 0) is 6.54 Å². The second-order valence-electron chi connectivity index (χ2n) is 3.44. The first kappa shape index (κ1) is 13.0. The number of halogens is 1. The van der Waals surface area contributed by atoms with Crippen LogP contribution in [0.15, 0.2) is 36.9 Å². The first-order chi connectivity index (χ1) is 7.63. The second kappa shape index (κ2) is 6.51. The third-order valence-corrected chi connectivity index (χ3v) is 2.74. The van der Waals surface area contributed by atoms with Gasteiger partial charge in [0.1, 0.15) is 0 Å². The summed E-state index contributed by atoms with van der Waals surface area (Å²) in [4.78, 5) is 0. The zero-order chi connectivity index (χ0) is 12.0. The highest BCUT2D eigenvalue weighted by molar-refractivity contribution is 7.80. The second-order valence-corrected chi connectivity index (χ2v) is 4.26. The molecule has 0 spiro atoms. The van der Waals surface area contributed by atoms with Crippen molar-refractivity contribution in [2.75, 3.05) is 0 Å². The van der Waals surface area contributed by atoms with Crippen molar-refractivity contribution in [1.29, 1.82) is 0 Å². The van der Waals surface area contributed by atoms with Gasteiger partial charge in [0.05, 0.1) is 0 Å². The molecule has 0 heterocycles. The average Bonchev–Trinajstić information content (AvgIpc) is 2.28. The van der Waals surface area contributed by atoms with Crippen molar-refractivity contribution < 1.29 is 0 Å². The van der Waals surface area contributed by atoms with Gasteiger partial charge in [0.25, 0.3) is 0 Å². The SMILES string of the molecule is C=CC(C)NC(=S)NCc1ccccc1Cl. The molecular formula is C12H15ClN2S. The van der Waals surface area contributed by atoms with E-state index in [0.29, 0.717) is 11.7 Å². The Morgan fingerprint density at radius 2 is 2.25 bits per heavy atom. The molecule has 0 bridgehead atoms. The van der Waals surface area contributed by atoms with Gasteiger partial charge >= 0.3 is 0 Å². The molecule has 0 aliphatic carbocycles. The highest BCUT2D eigenvalue weighted by Gasteiger charge is 2.01. The molecule has 0 aliphatic heterocycles. The van der Waals surface area contributed by atoms with Crippen LogP contribution in [0.25, 0.3) is 0 Å². The molecule has 86 valence electrons. The number of rotatable bonds is 4. The van der Waals surface area contributed by atoms with Crippen LogP contribution in [-0.4, -0.2) is 11.2 Å². The Balaban J connectivity index is 2.43. The van der Waals surface area contributed by atoms with Gasteiger partial charge in [-0.2, -0.15) is 0 Å². The number of nitrogens with one attached hydrogen (secondary N) is 2. The summed E-state index contributed by atoms with van der Waals surface area (Å²) in [6, 6.07) is 7.84. The van der Waals surface area contributed by atoms with Gasteiger partial charge in [0.2, 0.25) is 0 Å². The summed E-state index contributed by atoms with van der Waals surface area (Å²) < 4.78 is 0. The quantitative estimate of drug-likeness (QED) is 0.638. The minimum absolute atomic E-state index is 0.159. The minimum atomic E-state index is 0.159. The van der Waals surface area contributed by atoms with E-state index in [1.165, 1.54) is 0 Å². The smallest absolute Gasteiger partial charge is 0.167 e. The van der Waals surface area contributed by atoms with Gasteiger partial charge in [-0.15, -0.1) is 6.58 Å². The zero-order valence-electron chi connectivity index (χ0n) is 9.16. The lowest BCUT2D eigenvalue weighted by molar-refractivity contribution is 0.770. The van der Waals surface area contributed by atoms with Crippen molar-refractivity contribution in [2.45, 2.75) is 19.5 Å². The van der Waals surface area contributed by atoms with E-state index in [0.717, 1.165) is 10.6 Å². The Morgan fingerprint density at radius 3 is 2.88 bits per heavy atom. The Labute approximate surface area is 107 Å². The molecule has 0 aromatic heterocycles. The maximum atomic E-state index is 6.02. The molecule has 2 N–H and O–H groups in total. The monoisotopic (exact) mass is 254 g/mol. The van der Waals surface area contributed by atoms with Gasteiger partial charge in [-0.05, 0) is 30.8 Å². The van der Waals surface area contributed by atoms with Crippen LogP contribution in [0.4, 0.5) is 0 Å². The normalized spacial score (nSPS) is 11.6. The van der Waals surface area contributed by atoms with E-state index in [1.807, 2.05) is 31.2 Å². The standard InChI is InChI=1S/C12H15ClN2S/c1-3-9(2)15-12(16)14-8-10-6-4-5-7-11(10)13/h3-7,9H,1,8H2,2H3,(H2,14,15,16). The predicted molar refractivity (Wildman–Crippen MR) is 73.7 cm³/mol. The molecule has 0 saturated carbocycles. The molecule has 1 aromatic carbocycles. The van der Waals surface area contributed by atoms with Crippen LogP contribution in [0.1, 0.15) is 12.5 Å². The van der Waals surface area contributed by atoms with Crippen LogP contribution in [0.2, 0.25) is 5.02 Å². The van der Waals surface area contributed by atoms with E-state index in [1.54, 1.807) is 6.08 Å². The Hall–Kier alpha value is -1.06. The molecular weight excluding hydrogens is 240 g/mol. The highest BCUT2D eigenvalue weighted by Crippen LogP contribution is 2.14. The molecule has 0 amide bonds. The highest BCUT2D eigenvalue weighted by atomic mass is 35.5. The maximum absolute atomic E-state index is 6.02. The number of hydrogen-bond acceptors (Lipinski definition) is 1. The van der Waals surface area contributed by atoms with Crippen molar-refractivity contribution in [3.8, 4) is 0 Å². The van der Waals surface area contributed by atoms with Crippen molar-refractivity contribution in [2.24, 2.45) is 0 Å². The molecule has 16 heavy (non-hydrogen) atoms. The van der Waals surface area contributed by atoms with E-state index in [9.17, 15) is 0 Å². The topological polar surface area (TPSA) is 24.1 Å². The minimum Gasteiger partial charge on any atom is -0.359 e. The number of thiocarbonyl (C=S) groups is 1. The van der Waals surface area contributed by atoms with E-state index >= 15 is 0 Å². The molecule has 0 fully saturated rings. The van der Waals surface area contributed by atoms with Crippen molar-refractivity contribution in [1.82, 2.24) is 10.6 Å². The van der Waals surface area contributed by atoms with Crippen LogP contribution >= 0.6 is 23.8 Å². The molecule has 0 saturated heterocycles. The van der Waals surface area contributed by atoms with Gasteiger partial charge < -0.3 is 10.6 Å². The Morgan fingerprint density at radius 1 is 1.56 bits per heavy atom. The van der Waals surface area contributed by atoms with Crippen molar-refractivity contribution in [3.05, 3.63) is 47.5 Å². The van der Waals surface area contributed by atoms with Crippen LogP contribution in [0.3, 0.4) is 0 Å². The molecule has 1 atom stereocenters. The van der Waals surface area contributed by atoms with E-state index in [2.05, 4.69) is 17.2 Å². The summed E-state index contributed by atoms with van der Waals surface area (Å²) in [5.74, 6) is 0. The molecule has 4 heteroatoms. The van der Waals surface area contributed by atoms with E-state index < -0.39 is 0 Å². The number of hydrogen-bond donors (Lipinski definition) is 2. The number of benzene rings is 1. The fraction of sp³-hybridized carbons (Fsp3) is 0.250. The van der Waals surface area contributed by atoms with E-state index in [-0.39, 0.29) is 6.04 Å². The fourth-order valence-electron chi connectivity index (χ4n) is 1.13. The van der Waals surface area contributed by atoms with Crippen molar-refractivity contribution in [3.63, 3.8) is 0 Å². The van der Waals surface area contributed by atoms with Crippen molar-refractivity contribution >= 4 is 28.9 Å². The Kier molecular flexibility index (Phi) is 5.29.